The van der Waals surface area contributed by atoms with Crippen molar-refractivity contribution in [1.82, 2.24) is 10.2 Å². The molecule has 0 aliphatic carbocycles. The minimum atomic E-state index is -0.251. The molecule has 1 heterocycles. The molecule has 0 atom stereocenters. The zero-order chi connectivity index (χ0) is 15.9. The van der Waals surface area contributed by atoms with E-state index in [1.54, 1.807) is 25.3 Å². The fourth-order valence-electron chi connectivity index (χ4n) is 1.88. The average Bonchev–Trinajstić information content (AvgIpc) is 2.99. The van der Waals surface area contributed by atoms with Gasteiger partial charge >= 0.3 is 0 Å². The van der Waals surface area contributed by atoms with E-state index in [1.807, 2.05) is 0 Å². The normalized spacial score (nSPS) is 10.3. The van der Waals surface area contributed by atoms with Gasteiger partial charge in [0.1, 0.15) is 5.01 Å². The summed E-state index contributed by atoms with van der Waals surface area (Å²) in [6.07, 6.45) is 3.06. The van der Waals surface area contributed by atoms with E-state index in [0.717, 1.165) is 24.3 Å². The number of carbonyl (C=O) groups is 1. The van der Waals surface area contributed by atoms with Gasteiger partial charge < -0.3 is 9.47 Å². The van der Waals surface area contributed by atoms with E-state index in [9.17, 15) is 4.79 Å². The molecule has 0 saturated carbocycles. The Balaban J connectivity index is 2.07. The fourth-order valence-corrected chi connectivity index (χ4v) is 2.66. The molecule has 118 valence electrons. The number of hydrogen-bond donors (Lipinski definition) is 1. The van der Waals surface area contributed by atoms with Crippen molar-refractivity contribution in [2.24, 2.45) is 0 Å². The molecular formula is C15H19N3O3S. The molecule has 1 N–H and O–H groups in total. The predicted octanol–water partition coefficient (Wildman–Crippen LogP) is 3.15. The highest BCUT2D eigenvalue weighted by Crippen LogP contribution is 2.28. The molecule has 22 heavy (non-hydrogen) atoms. The van der Waals surface area contributed by atoms with Crippen molar-refractivity contribution in [2.45, 2.75) is 26.2 Å². The summed E-state index contributed by atoms with van der Waals surface area (Å²) in [7, 11) is 3.08. The van der Waals surface area contributed by atoms with Gasteiger partial charge in [-0.15, -0.1) is 10.2 Å². The Hall–Kier alpha value is -2.15. The Bertz CT molecular complexity index is 643. The molecule has 0 fully saturated rings. The Morgan fingerprint density at radius 2 is 2.00 bits per heavy atom. The number of amides is 1. The summed E-state index contributed by atoms with van der Waals surface area (Å²) in [6.45, 7) is 2.13. The molecule has 1 aromatic carbocycles. The van der Waals surface area contributed by atoms with Crippen molar-refractivity contribution < 1.29 is 14.3 Å². The van der Waals surface area contributed by atoms with Crippen LogP contribution in [0.25, 0.3) is 0 Å². The first-order valence-electron chi connectivity index (χ1n) is 7.03. The van der Waals surface area contributed by atoms with Gasteiger partial charge in [0.05, 0.1) is 14.2 Å². The third-order valence-electron chi connectivity index (χ3n) is 3.08. The second-order valence-electron chi connectivity index (χ2n) is 4.63. The number of unbranched alkanes of at least 4 members (excludes halogenated alkanes) is 1. The van der Waals surface area contributed by atoms with Crippen LogP contribution in [0.1, 0.15) is 35.1 Å². The second-order valence-corrected chi connectivity index (χ2v) is 5.69. The van der Waals surface area contributed by atoms with E-state index in [2.05, 4.69) is 22.4 Å². The molecule has 0 aliphatic heterocycles. The third-order valence-corrected chi connectivity index (χ3v) is 3.98. The maximum atomic E-state index is 12.2. The smallest absolute Gasteiger partial charge is 0.257 e. The van der Waals surface area contributed by atoms with Gasteiger partial charge in [0.25, 0.3) is 5.91 Å². The van der Waals surface area contributed by atoms with Crippen LogP contribution in [0, 0.1) is 0 Å². The summed E-state index contributed by atoms with van der Waals surface area (Å²) in [5.74, 6) is 0.840. The van der Waals surface area contributed by atoms with E-state index >= 15 is 0 Å². The molecule has 1 amide bonds. The summed E-state index contributed by atoms with van der Waals surface area (Å²) in [4.78, 5) is 12.2. The molecule has 6 nitrogen and oxygen atoms in total. The lowest BCUT2D eigenvalue weighted by Crippen LogP contribution is -2.11. The van der Waals surface area contributed by atoms with Crippen molar-refractivity contribution >= 4 is 22.4 Å². The van der Waals surface area contributed by atoms with E-state index in [4.69, 9.17) is 9.47 Å². The lowest BCUT2D eigenvalue weighted by Gasteiger charge is -2.08. The summed E-state index contributed by atoms with van der Waals surface area (Å²) >= 11 is 1.40. The molecule has 0 radical (unpaired) electrons. The van der Waals surface area contributed by atoms with Crippen LogP contribution >= 0.6 is 11.3 Å². The molecule has 0 bridgehead atoms. The standard InChI is InChI=1S/C15H19N3O3S/c1-4-5-6-13-17-18-15(22-13)16-14(19)10-7-8-11(20-2)12(9-10)21-3/h7-9H,4-6H2,1-3H3,(H,16,18,19). The number of benzene rings is 1. The molecule has 0 saturated heterocycles. The molecule has 2 aromatic rings. The number of anilines is 1. The number of carbonyl (C=O) groups excluding carboxylic acids is 1. The molecule has 0 unspecified atom stereocenters. The molecular weight excluding hydrogens is 302 g/mol. The SMILES string of the molecule is CCCCc1nnc(NC(=O)c2ccc(OC)c(OC)c2)s1. The van der Waals surface area contributed by atoms with Crippen LogP contribution in [0.5, 0.6) is 11.5 Å². The van der Waals surface area contributed by atoms with E-state index in [-0.39, 0.29) is 5.91 Å². The largest absolute Gasteiger partial charge is 0.493 e. The highest BCUT2D eigenvalue weighted by Gasteiger charge is 2.13. The zero-order valence-corrected chi connectivity index (χ0v) is 13.7. The first-order chi connectivity index (χ1) is 10.7. The fraction of sp³-hybridized carbons (Fsp3) is 0.400. The monoisotopic (exact) mass is 321 g/mol. The predicted molar refractivity (Wildman–Crippen MR) is 86.0 cm³/mol. The van der Waals surface area contributed by atoms with Crippen molar-refractivity contribution in [3.63, 3.8) is 0 Å². The van der Waals surface area contributed by atoms with E-state index in [0.29, 0.717) is 22.2 Å². The number of nitrogens with zero attached hydrogens (tertiary/aromatic N) is 2. The molecule has 2 rings (SSSR count). The number of aryl methyl sites for hydroxylation is 1. The van der Waals surface area contributed by atoms with Gasteiger partial charge in [-0.3, -0.25) is 10.1 Å². The number of ether oxygens (including phenoxy) is 2. The van der Waals surface area contributed by atoms with Crippen LogP contribution in [-0.4, -0.2) is 30.3 Å². The van der Waals surface area contributed by atoms with Gasteiger partial charge in [0.2, 0.25) is 5.13 Å². The van der Waals surface area contributed by atoms with Crippen LogP contribution in [0.2, 0.25) is 0 Å². The number of hydrogen-bond acceptors (Lipinski definition) is 6. The van der Waals surface area contributed by atoms with Gasteiger partial charge in [-0.05, 0) is 24.6 Å². The lowest BCUT2D eigenvalue weighted by atomic mass is 10.2. The second kappa shape index (κ2) is 7.74. The van der Waals surface area contributed by atoms with Crippen LogP contribution in [-0.2, 0) is 6.42 Å². The highest BCUT2D eigenvalue weighted by atomic mass is 32.1. The summed E-state index contributed by atoms with van der Waals surface area (Å²) in [6, 6.07) is 5.00. The lowest BCUT2D eigenvalue weighted by molar-refractivity contribution is 0.102. The minimum absolute atomic E-state index is 0.251. The molecule has 7 heteroatoms. The van der Waals surface area contributed by atoms with Gasteiger partial charge in [-0.2, -0.15) is 0 Å². The summed E-state index contributed by atoms with van der Waals surface area (Å²) in [5.41, 5.74) is 0.475. The van der Waals surface area contributed by atoms with Crippen molar-refractivity contribution in [3.05, 3.63) is 28.8 Å². The van der Waals surface area contributed by atoms with Crippen LogP contribution in [0.4, 0.5) is 5.13 Å². The first kappa shape index (κ1) is 16.2. The third kappa shape index (κ3) is 3.94. The summed E-state index contributed by atoms with van der Waals surface area (Å²) < 4.78 is 10.3. The molecule has 0 spiro atoms. The average molecular weight is 321 g/mol. The Morgan fingerprint density at radius 1 is 1.23 bits per heavy atom. The molecule has 1 aromatic heterocycles. The van der Waals surface area contributed by atoms with Crippen molar-refractivity contribution in [3.8, 4) is 11.5 Å². The zero-order valence-electron chi connectivity index (χ0n) is 12.9. The Kier molecular flexibility index (Phi) is 5.71. The van der Waals surface area contributed by atoms with Gasteiger partial charge in [0.15, 0.2) is 11.5 Å². The quantitative estimate of drug-likeness (QED) is 0.848. The number of aromatic nitrogens is 2. The van der Waals surface area contributed by atoms with Gasteiger partial charge in [-0.1, -0.05) is 24.7 Å². The molecule has 0 aliphatic rings. The van der Waals surface area contributed by atoms with Crippen molar-refractivity contribution in [1.29, 1.82) is 0 Å². The number of nitrogens with one attached hydrogen (secondary N) is 1. The van der Waals surface area contributed by atoms with Crippen LogP contribution < -0.4 is 14.8 Å². The first-order valence-corrected chi connectivity index (χ1v) is 7.85. The number of methoxy groups -OCH3 is 2. The van der Waals surface area contributed by atoms with E-state index < -0.39 is 0 Å². The number of rotatable bonds is 7. The summed E-state index contributed by atoms with van der Waals surface area (Å²) in [5, 5.41) is 12.3. The Labute approximate surface area is 133 Å². The van der Waals surface area contributed by atoms with E-state index in [1.165, 1.54) is 18.4 Å². The van der Waals surface area contributed by atoms with Crippen molar-refractivity contribution in [2.75, 3.05) is 19.5 Å². The maximum Gasteiger partial charge on any atom is 0.257 e. The highest BCUT2D eigenvalue weighted by molar-refractivity contribution is 7.15. The van der Waals surface area contributed by atoms with Crippen LogP contribution in [0.15, 0.2) is 18.2 Å². The Morgan fingerprint density at radius 3 is 2.68 bits per heavy atom. The van der Waals surface area contributed by atoms with Crippen LogP contribution in [0.3, 0.4) is 0 Å². The van der Waals surface area contributed by atoms with Gasteiger partial charge in [0, 0.05) is 12.0 Å². The topological polar surface area (TPSA) is 73.3 Å². The van der Waals surface area contributed by atoms with Gasteiger partial charge in [-0.25, -0.2) is 0 Å². The maximum absolute atomic E-state index is 12.2. The minimum Gasteiger partial charge on any atom is -0.493 e.